The quantitative estimate of drug-likeness (QED) is 0.890. The molecule has 2 aromatic rings. The molecule has 2 rings (SSSR count). The Kier molecular flexibility index (Phi) is 3.93. The lowest BCUT2D eigenvalue weighted by Crippen LogP contribution is -1.97. The van der Waals surface area contributed by atoms with Crippen LogP contribution in [0, 0.1) is 5.82 Å². The third-order valence-electron chi connectivity index (χ3n) is 2.62. The molecule has 6 nitrogen and oxygen atoms in total. The van der Waals surface area contributed by atoms with E-state index in [-0.39, 0.29) is 21.7 Å². The lowest BCUT2D eigenvalue weighted by Gasteiger charge is -2.13. The maximum Gasteiger partial charge on any atom is 0.353 e. The normalized spacial score (nSPS) is 10.4. The molecule has 1 heterocycles. The molecular formula is C12H10BrFN2O4. The average Bonchev–Trinajstić information content (AvgIpc) is 2.90. The number of hydrogen-bond acceptors (Lipinski definition) is 4. The van der Waals surface area contributed by atoms with Gasteiger partial charge in [-0.1, -0.05) is 0 Å². The van der Waals surface area contributed by atoms with Crippen molar-refractivity contribution in [1.29, 1.82) is 0 Å². The summed E-state index contributed by atoms with van der Waals surface area (Å²) in [5, 5.41) is 15.1. The summed E-state index contributed by atoms with van der Waals surface area (Å²) in [5.41, 5.74) is 0.626. The minimum Gasteiger partial charge on any atom is -0.492 e. The van der Waals surface area contributed by atoms with E-state index in [1.54, 1.807) is 0 Å². The van der Waals surface area contributed by atoms with Gasteiger partial charge in [0.15, 0.2) is 17.3 Å². The van der Waals surface area contributed by atoms with Crippen molar-refractivity contribution in [3.63, 3.8) is 0 Å². The molecular weight excluding hydrogens is 335 g/mol. The Labute approximate surface area is 121 Å². The Morgan fingerprint density at radius 1 is 1.35 bits per heavy atom. The number of aromatic nitrogens is 2. The third kappa shape index (κ3) is 2.34. The van der Waals surface area contributed by atoms with Gasteiger partial charge in [-0.05, 0) is 28.1 Å². The van der Waals surface area contributed by atoms with Crippen LogP contribution >= 0.6 is 15.9 Å². The lowest BCUT2D eigenvalue weighted by molar-refractivity contribution is 0.0690. The van der Waals surface area contributed by atoms with Crippen LogP contribution in [0.5, 0.6) is 11.5 Å². The van der Waals surface area contributed by atoms with Gasteiger partial charge < -0.3 is 14.6 Å². The van der Waals surface area contributed by atoms with Gasteiger partial charge in [0.2, 0.25) is 0 Å². The van der Waals surface area contributed by atoms with Gasteiger partial charge in [0.05, 0.1) is 24.4 Å². The Morgan fingerprint density at radius 3 is 2.50 bits per heavy atom. The van der Waals surface area contributed by atoms with E-state index in [0.29, 0.717) is 11.3 Å². The van der Waals surface area contributed by atoms with E-state index in [1.807, 2.05) is 0 Å². The fourth-order valence-electron chi connectivity index (χ4n) is 1.73. The van der Waals surface area contributed by atoms with Crippen LogP contribution in [0.1, 0.15) is 10.5 Å². The first-order valence-electron chi connectivity index (χ1n) is 5.38. The van der Waals surface area contributed by atoms with Crippen LogP contribution in [0.2, 0.25) is 0 Å². The minimum absolute atomic E-state index is 0.0820. The molecule has 1 aromatic heterocycles. The number of aromatic amines is 1. The molecule has 0 aliphatic carbocycles. The number of rotatable bonds is 4. The van der Waals surface area contributed by atoms with Gasteiger partial charge in [-0.2, -0.15) is 5.10 Å². The summed E-state index contributed by atoms with van der Waals surface area (Å²) in [4.78, 5) is 10.8. The average molecular weight is 345 g/mol. The van der Waals surface area contributed by atoms with E-state index >= 15 is 0 Å². The number of nitrogens with zero attached hydrogens (tertiary/aromatic N) is 1. The predicted molar refractivity (Wildman–Crippen MR) is 71.7 cm³/mol. The zero-order valence-corrected chi connectivity index (χ0v) is 12.1. The van der Waals surface area contributed by atoms with E-state index in [1.165, 1.54) is 26.4 Å². The molecule has 2 N–H and O–H groups in total. The highest BCUT2D eigenvalue weighted by Gasteiger charge is 2.22. The number of ether oxygens (including phenoxy) is 2. The van der Waals surface area contributed by atoms with Crippen LogP contribution in [-0.4, -0.2) is 35.5 Å². The van der Waals surface area contributed by atoms with Crippen LogP contribution in [0.25, 0.3) is 11.3 Å². The van der Waals surface area contributed by atoms with E-state index in [4.69, 9.17) is 14.6 Å². The van der Waals surface area contributed by atoms with Crippen molar-refractivity contribution in [3.05, 3.63) is 28.1 Å². The predicted octanol–water partition coefficient (Wildman–Crippen LogP) is 2.69. The number of halogens is 2. The lowest BCUT2D eigenvalue weighted by atomic mass is 10.1. The number of carbonyl (C=O) groups is 1. The Morgan fingerprint density at radius 2 is 2.00 bits per heavy atom. The molecule has 0 saturated heterocycles. The first-order valence-corrected chi connectivity index (χ1v) is 6.18. The van der Waals surface area contributed by atoms with Crippen molar-refractivity contribution >= 4 is 21.9 Å². The zero-order chi connectivity index (χ0) is 14.9. The van der Waals surface area contributed by atoms with Crippen LogP contribution < -0.4 is 9.47 Å². The SMILES string of the molecule is COc1c(-c2cc(C(=O)O)[nH]n2)cc(Br)c(F)c1OC. The van der Waals surface area contributed by atoms with Crippen LogP contribution in [0.15, 0.2) is 16.6 Å². The largest absolute Gasteiger partial charge is 0.492 e. The standard InChI is InChI=1S/C12H10BrFN2O4/c1-19-10-5(3-6(13)9(14)11(10)20-2)7-4-8(12(17)18)16-15-7/h3-4H,1-2H3,(H,15,16)(H,17,18). The number of carboxylic acids is 1. The molecule has 0 aliphatic heterocycles. The van der Waals surface area contributed by atoms with Gasteiger partial charge in [0.1, 0.15) is 5.69 Å². The van der Waals surface area contributed by atoms with Crippen LogP contribution in [0.4, 0.5) is 4.39 Å². The molecule has 0 atom stereocenters. The van der Waals surface area contributed by atoms with Crippen molar-refractivity contribution in [3.8, 4) is 22.8 Å². The summed E-state index contributed by atoms with van der Waals surface area (Å²) in [5.74, 6) is -1.70. The van der Waals surface area contributed by atoms with Gasteiger partial charge in [-0.3, -0.25) is 5.10 Å². The van der Waals surface area contributed by atoms with Crippen molar-refractivity contribution in [2.24, 2.45) is 0 Å². The number of H-pyrrole nitrogens is 1. The summed E-state index contributed by atoms with van der Waals surface area (Å²) in [6.07, 6.45) is 0. The summed E-state index contributed by atoms with van der Waals surface area (Å²) in [6, 6.07) is 2.77. The second-order valence-corrected chi connectivity index (χ2v) is 4.61. The third-order valence-corrected chi connectivity index (χ3v) is 3.20. The highest BCUT2D eigenvalue weighted by molar-refractivity contribution is 9.10. The second kappa shape index (κ2) is 5.49. The summed E-state index contributed by atoms with van der Waals surface area (Å²) in [6.45, 7) is 0. The topological polar surface area (TPSA) is 84.4 Å². The highest BCUT2D eigenvalue weighted by atomic mass is 79.9. The Bertz CT molecular complexity index is 672. The summed E-state index contributed by atoms with van der Waals surface area (Å²) in [7, 11) is 2.67. The molecule has 1 aromatic carbocycles. The summed E-state index contributed by atoms with van der Waals surface area (Å²) < 4.78 is 24.2. The van der Waals surface area contributed by atoms with Crippen molar-refractivity contribution in [2.45, 2.75) is 0 Å². The number of aromatic carboxylic acids is 1. The maximum absolute atomic E-state index is 13.9. The fraction of sp³-hybridized carbons (Fsp3) is 0.167. The molecule has 106 valence electrons. The molecule has 0 bridgehead atoms. The van der Waals surface area contributed by atoms with Crippen molar-refractivity contribution in [1.82, 2.24) is 10.2 Å². The molecule has 0 aliphatic rings. The Hall–Kier alpha value is -2.09. The zero-order valence-electron chi connectivity index (χ0n) is 10.5. The van der Waals surface area contributed by atoms with Crippen LogP contribution in [0.3, 0.4) is 0 Å². The van der Waals surface area contributed by atoms with Crippen LogP contribution in [-0.2, 0) is 0 Å². The molecule has 0 fully saturated rings. The number of methoxy groups -OCH3 is 2. The molecule has 0 spiro atoms. The van der Waals surface area contributed by atoms with Gasteiger partial charge >= 0.3 is 5.97 Å². The molecule has 0 radical (unpaired) electrons. The molecule has 20 heavy (non-hydrogen) atoms. The van der Waals surface area contributed by atoms with Crippen molar-refractivity contribution < 1.29 is 23.8 Å². The fourth-order valence-corrected chi connectivity index (χ4v) is 2.14. The van der Waals surface area contributed by atoms with E-state index in [2.05, 4.69) is 26.1 Å². The Balaban J connectivity index is 2.66. The van der Waals surface area contributed by atoms with E-state index < -0.39 is 11.8 Å². The smallest absolute Gasteiger partial charge is 0.353 e. The monoisotopic (exact) mass is 344 g/mol. The second-order valence-electron chi connectivity index (χ2n) is 3.76. The molecule has 0 unspecified atom stereocenters. The molecule has 0 saturated carbocycles. The number of carboxylic acid groups (broad SMARTS) is 1. The van der Waals surface area contributed by atoms with Crippen molar-refractivity contribution in [2.75, 3.05) is 14.2 Å². The number of benzene rings is 1. The van der Waals surface area contributed by atoms with Gasteiger partial charge in [0.25, 0.3) is 0 Å². The minimum atomic E-state index is -1.14. The maximum atomic E-state index is 13.9. The molecule has 0 amide bonds. The van der Waals surface area contributed by atoms with E-state index in [0.717, 1.165) is 0 Å². The first kappa shape index (κ1) is 14.3. The van der Waals surface area contributed by atoms with Gasteiger partial charge in [0, 0.05) is 5.56 Å². The number of hydrogen-bond donors (Lipinski definition) is 2. The highest BCUT2D eigenvalue weighted by Crippen LogP contribution is 2.42. The number of nitrogens with one attached hydrogen (secondary N) is 1. The van der Waals surface area contributed by atoms with E-state index in [9.17, 15) is 9.18 Å². The van der Waals surface area contributed by atoms with Gasteiger partial charge in [-0.15, -0.1) is 0 Å². The summed E-state index contributed by atoms with van der Waals surface area (Å²) >= 11 is 3.07. The van der Waals surface area contributed by atoms with Gasteiger partial charge in [-0.25, -0.2) is 9.18 Å². The first-order chi connectivity index (χ1) is 9.49. The molecule has 8 heteroatoms.